The number of hydrogen-bond donors (Lipinski definition) is 1. The van der Waals surface area contributed by atoms with Crippen molar-refractivity contribution in [1.82, 2.24) is 15.3 Å². The van der Waals surface area contributed by atoms with E-state index in [4.69, 9.17) is 4.98 Å². The number of anilines is 1. The summed E-state index contributed by atoms with van der Waals surface area (Å²) < 4.78 is 0. The minimum atomic E-state index is 0.530. The molecule has 0 saturated carbocycles. The van der Waals surface area contributed by atoms with Crippen LogP contribution in [0.4, 0.5) is 5.82 Å². The van der Waals surface area contributed by atoms with Gasteiger partial charge in [0.05, 0.1) is 11.4 Å². The maximum Gasteiger partial charge on any atom is 0.150 e. The van der Waals surface area contributed by atoms with Crippen LogP contribution in [-0.2, 0) is 0 Å². The highest BCUT2D eigenvalue weighted by Crippen LogP contribution is 2.22. The van der Waals surface area contributed by atoms with Crippen molar-refractivity contribution in [1.29, 1.82) is 0 Å². The van der Waals surface area contributed by atoms with E-state index < -0.39 is 0 Å². The van der Waals surface area contributed by atoms with E-state index in [1.54, 1.807) is 0 Å². The molecule has 2 atom stereocenters. The summed E-state index contributed by atoms with van der Waals surface area (Å²) in [6.45, 7) is 10.6. The lowest BCUT2D eigenvalue weighted by atomic mass is 10.0. The topological polar surface area (TPSA) is 41.1 Å². The van der Waals surface area contributed by atoms with E-state index in [1.165, 1.54) is 0 Å². The van der Waals surface area contributed by atoms with Crippen molar-refractivity contribution in [3.05, 3.63) is 17.6 Å². The number of aromatic nitrogens is 2. The number of rotatable bonds is 3. The van der Waals surface area contributed by atoms with Gasteiger partial charge in [-0.1, -0.05) is 13.8 Å². The molecular weight excluding hydrogens is 224 g/mol. The highest BCUT2D eigenvalue weighted by Gasteiger charge is 2.28. The van der Waals surface area contributed by atoms with Crippen molar-refractivity contribution < 1.29 is 0 Å². The Morgan fingerprint density at radius 2 is 2.11 bits per heavy atom. The minimum Gasteiger partial charge on any atom is -0.349 e. The number of nitrogens with one attached hydrogen (secondary N) is 1. The maximum atomic E-state index is 4.70. The second-order valence-electron chi connectivity index (χ2n) is 5.15. The van der Waals surface area contributed by atoms with Gasteiger partial charge in [0.25, 0.3) is 0 Å². The Morgan fingerprint density at radius 3 is 2.78 bits per heavy atom. The third kappa shape index (κ3) is 2.64. The van der Waals surface area contributed by atoms with Crippen LogP contribution < -0.4 is 10.2 Å². The molecule has 0 spiro atoms. The van der Waals surface area contributed by atoms with Crippen molar-refractivity contribution in [2.75, 3.05) is 18.0 Å². The number of aryl methyl sites for hydroxylation is 2. The first-order valence-electron chi connectivity index (χ1n) is 6.96. The summed E-state index contributed by atoms with van der Waals surface area (Å²) in [5, 5.41) is 3.61. The Morgan fingerprint density at radius 1 is 1.33 bits per heavy atom. The molecule has 4 heteroatoms. The monoisotopic (exact) mass is 248 g/mol. The van der Waals surface area contributed by atoms with Gasteiger partial charge in [-0.15, -0.1) is 0 Å². The van der Waals surface area contributed by atoms with Gasteiger partial charge in [-0.05, 0) is 26.7 Å². The quantitative estimate of drug-likeness (QED) is 0.889. The standard InChI is InChI=1S/C14H24N4/c1-5-12-9-18(13(6-2)8-16-12)14-11(4)15-7-10(3)17-14/h7,12-13,16H,5-6,8-9H2,1-4H3. The van der Waals surface area contributed by atoms with Crippen LogP contribution in [-0.4, -0.2) is 35.1 Å². The average molecular weight is 248 g/mol. The summed E-state index contributed by atoms with van der Waals surface area (Å²) in [7, 11) is 0. The number of hydrogen-bond acceptors (Lipinski definition) is 4. The summed E-state index contributed by atoms with van der Waals surface area (Å²) in [6.07, 6.45) is 4.14. The maximum absolute atomic E-state index is 4.70. The van der Waals surface area contributed by atoms with Crippen molar-refractivity contribution in [3.8, 4) is 0 Å². The second-order valence-corrected chi connectivity index (χ2v) is 5.15. The molecule has 100 valence electrons. The second kappa shape index (κ2) is 5.65. The number of nitrogens with zero attached hydrogens (tertiary/aromatic N) is 3. The first kappa shape index (κ1) is 13.3. The Balaban J connectivity index is 2.29. The molecule has 2 heterocycles. The van der Waals surface area contributed by atoms with Gasteiger partial charge in [-0.25, -0.2) is 4.98 Å². The third-order valence-electron chi connectivity index (χ3n) is 3.79. The number of piperazine rings is 1. The molecule has 2 unspecified atom stereocenters. The fraction of sp³-hybridized carbons (Fsp3) is 0.714. The SMILES string of the molecule is CCC1CN(c2nc(C)cnc2C)C(CC)CN1. The van der Waals surface area contributed by atoms with Crippen molar-refractivity contribution >= 4 is 5.82 Å². The largest absolute Gasteiger partial charge is 0.349 e. The van der Waals surface area contributed by atoms with Crippen LogP contribution in [0.25, 0.3) is 0 Å². The van der Waals surface area contributed by atoms with E-state index in [1.807, 2.05) is 13.1 Å². The summed E-state index contributed by atoms with van der Waals surface area (Å²) in [6, 6.07) is 1.09. The molecule has 0 bridgehead atoms. The van der Waals surface area contributed by atoms with Crippen LogP contribution in [0.5, 0.6) is 0 Å². The van der Waals surface area contributed by atoms with Gasteiger partial charge in [0, 0.05) is 31.4 Å². The molecule has 1 aromatic heterocycles. The Bertz CT molecular complexity index is 405. The average Bonchev–Trinajstić information content (AvgIpc) is 2.40. The molecule has 1 aliphatic heterocycles. The van der Waals surface area contributed by atoms with Crippen molar-refractivity contribution in [2.45, 2.75) is 52.6 Å². The van der Waals surface area contributed by atoms with E-state index in [0.717, 1.165) is 43.1 Å². The van der Waals surface area contributed by atoms with Gasteiger partial charge in [-0.2, -0.15) is 0 Å². The van der Waals surface area contributed by atoms with Gasteiger partial charge in [0.2, 0.25) is 0 Å². The van der Waals surface area contributed by atoms with Crippen LogP contribution in [0, 0.1) is 13.8 Å². The Labute approximate surface area is 110 Å². The van der Waals surface area contributed by atoms with Gasteiger partial charge in [-0.3, -0.25) is 4.98 Å². The summed E-state index contributed by atoms with van der Waals surface area (Å²) in [4.78, 5) is 11.6. The van der Waals surface area contributed by atoms with E-state index in [0.29, 0.717) is 12.1 Å². The highest BCUT2D eigenvalue weighted by molar-refractivity contribution is 5.45. The molecule has 1 fully saturated rings. The van der Waals surface area contributed by atoms with E-state index in [9.17, 15) is 0 Å². The smallest absolute Gasteiger partial charge is 0.150 e. The lowest BCUT2D eigenvalue weighted by Crippen LogP contribution is -2.56. The predicted molar refractivity (Wildman–Crippen MR) is 75.0 cm³/mol. The molecule has 0 amide bonds. The first-order valence-corrected chi connectivity index (χ1v) is 6.96. The van der Waals surface area contributed by atoms with Crippen LogP contribution in [0.15, 0.2) is 6.20 Å². The van der Waals surface area contributed by atoms with Crippen LogP contribution >= 0.6 is 0 Å². The van der Waals surface area contributed by atoms with Crippen LogP contribution in [0.1, 0.15) is 38.1 Å². The third-order valence-corrected chi connectivity index (χ3v) is 3.79. The lowest BCUT2D eigenvalue weighted by molar-refractivity contribution is 0.376. The van der Waals surface area contributed by atoms with Crippen LogP contribution in [0.3, 0.4) is 0 Å². The molecule has 0 aromatic carbocycles. The molecular formula is C14H24N4. The summed E-state index contributed by atoms with van der Waals surface area (Å²) >= 11 is 0. The molecule has 18 heavy (non-hydrogen) atoms. The van der Waals surface area contributed by atoms with Gasteiger partial charge < -0.3 is 10.2 Å². The molecule has 1 saturated heterocycles. The molecule has 0 aliphatic carbocycles. The van der Waals surface area contributed by atoms with Gasteiger partial charge in [0.1, 0.15) is 0 Å². The van der Waals surface area contributed by atoms with Gasteiger partial charge in [0.15, 0.2) is 5.82 Å². The Hall–Kier alpha value is -1.16. The van der Waals surface area contributed by atoms with Gasteiger partial charge >= 0.3 is 0 Å². The molecule has 1 aliphatic rings. The summed E-state index contributed by atoms with van der Waals surface area (Å²) in [5.74, 6) is 1.07. The van der Waals surface area contributed by atoms with Crippen molar-refractivity contribution in [3.63, 3.8) is 0 Å². The highest BCUT2D eigenvalue weighted by atomic mass is 15.3. The Kier molecular flexibility index (Phi) is 4.17. The fourth-order valence-corrected chi connectivity index (χ4v) is 2.56. The van der Waals surface area contributed by atoms with Crippen molar-refractivity contribution in [2.24, 2.45) is 0 Å². The molecule has 2 rings (SSSR count). The van der Waals surface area contributed by atoms with E-state index >= 15 is 0 Å². The fourth-order valence-electron chi connectivity index (χ4n) is 2.56. The molecule has 0 radical (unpaired) electrons. The zero-order valence-electron chi connectivity index (χ0n) is 11.9. The van der Waals surface area contributed by atoms with E-state index in [2.05, 4.69) is 36.0 Å². The van der Waals surface area contributed by atoms with E-state index in [-0.39, 0.29) is 0 Å². The predicted octanol–water partition coefficient (Wildman–Crippen LogP) is 2.06. The molecule has 1 N–H and O–H groups in total. The summed E-state index contributed by atoms with van der Waals surface area (Å²) in [5.41, 5.74) is 2.04. The molecule has 4 nitrogen and oxygen atoms in total. The molecule has 1 aromatic rings. The first-order chi connectivity index (χ1) is 8.65. The van der Waals surface area contributed by atoms with Crippen LogP contribution in [0.2, 0.25) is 0 Å². The normalized spacial score (nSPS) is 24.3. The minimum absolute atomic E-state index is 0.530. The zero-order chi connectivity index (χ0) is 13.1. The lowest BCUT2D eigenvalue weighted by Gasteiger charge is -2.41. The zero-order valence-corrected chi connectivity index (χ0v) is 11.9.